The van der Waals surface area contributed by atoms with Crippen molar-refractivity contribution in [2.45, 2.75) is 6.42 Å². The van der Waals surface area contributed by atoms with Gasteiger partial charge in [-0.2, -0.15) is 8.78 Å². The van der Waals surface area contributed by atoms with Gasteiger partial charge in [0.1, 0.15) is 0 Å². The summed E-state index contributed by atoms with van der Waals surface area (Å²) < 4.78 is 34.3. The number of hydrogen-bond acceptors (Lipinski definition) is 1. The predicted molar refractivity (Wildman–Crippen MR) is 28.9 cm³/mol. The van der Waals surface area contributed by atoms with Gasteiger partial charge in [-0.1, -0.05) is 0 Å². The third-order valence-electron chi connectivity index (χ3n) is 0.800. The van der Waals surface area contributed by atoms with E-state index in [1.54, 1.807) is 7.05 Å². The highest BCUT2D eigenvalue weighted by atomic mass is 19.3. The van der Waals surface area contributed by atoms with Gasteiger partial charge < -0.3 is 5.32 Å². The van der Waals surface area contributed by atoms with Crippen molar-refractivity contribution in [1.29, 1.82) is 0 Å². The highest BCUT2D eigenvalue weighted by molar-refractivity contribution is 4.91. The van der Waals surface area contributed by atoms with Crippen LogP contribution in [0.1, 0.15) is 6.42 Å². The lowest BCUT2D eigenvalue weighted by molar-refractivity contribution is 0.369. The van der Waals surface area contributed by atoms with Gasteiger partial charge in [-0.15, -0.1) is 0 Å². The maximum atomic E-state index is 11.8. The Labute approximate surface area is 51.6 Å². The van der Waals surface area contributed by atoms with Crippen LogP contribution >= 0.6 is 0 Å². The smallest absolute Gasteiger partial charge is 0.301 e. The number of halogens is 3. The first kappa shape index (κ1) is 8.49. The topological polar surface area (TPSA) is 12.0 Å². The zero-order valence-electron chi connectivity index (χ0n) is 5.05. The normalized spacial score (nSPS) is 9.33. The van der Waals surface area contributed by atoms with E-state index in [1.807, 2.05) is 0 Å². The zero-order valence-corrected chi connectivity index (χ0v) is 5.05. The van der Waals surface area contributed by atoms with Crippen LogP contribution in [0.5, 0.6) is 0 Å². The molecule has 0 spiro atoms. The van der Waals surface area contributed by atoms with E-state index in [4.69, 9.17) is 0 Å². The standard InChI is InChI=1S/C5H8F3N/c1-9-3-2-4(6)5(7)8/h9H,2-3H2,1H3. The molecule has 9 heavy (non-hydrogen) atoms. The summed E-state index contributed by atoms with van der Waals surface area (Å²) >= 11 is 0. The molecule has 0 aromatic rings. The maximum absolute atomic E-state index is 11.8. The third-order valence-corrected chi connectivity index (χ3v) is 0.800. The maximum Gasteiger partial charge on any atom is 0.301 e. The van der Waals surface area contributed by atoms with Crippen LogP contribution < -0.4 is 5.32 Å². The van der Waals surface area contributed by atoms with Crippen LogP contribution in [-0.4, -0.2) is 13.6 Å². The Morgan fingerprint density at radius 1 is 1.33 bits per heavy atom. The van der Waals surface area contributed by atoms with Crippen molar-refractivity contribution in [3.8, 4) is 0 Å². The molecule has 1 nitrogen and oxygen atoms in total. The van der Waals surface area contributed by atoms with E-state index in [9.17, 15) is 13.2 Å². The van der Waals surface area contributed by atoms with Crippen LogP contribution in [0.2, 0.25) is 0 Å². The second-order valence-electron chi connectivity index (χ2n) is 1.52. The van der Waals surface area contributed by atoms with E-state index >= 15 is 0 Å². The lowest BCUT2D eigenvalue weighted by Gasteiger charge is -1.93. The van der Waals surface area contributed by atoms with Gasteiger partial charge in [0.25, 0.3) is 0 Å². The highest BCUT2D eigenvalue weighted by Gasteiger charge is 2.01. The van der Waals surface area contributed by atoms with Crippen molar-refractivity contribution in [2.24, 2.45) is 0 Å². The second kappa shape index (κ2) is 4.38. The minimum atomic E-state index is -2.22. The molecule has 0 rings (SSSR count). The summed E-state index contributed by atoms with van der Waals surface area (Å²) in [5, 5.41) is 2.55. The average Bonchev–Trinajstić information content (AvgIpc) is 1.82. The Hall–Kier alpha value is -0.510. The SMILES string of the molecule is CNCCC(F)=C(F)F. The first-order valence-corrected chi connectivity index (χ1v) is 2.52. The fourth-order valence-electron chi connectivity index (χ4n) is 0.329. The molecule has 0 heterocycles. The Morgan fingerprint density at radius 3 is 2.22 bits per heavy atom. The minimum Gasteiger partial charge on any atom is -0.319 e. The monoisotopic (exact) mass is 139 g/mol. The summed E-state index contributed by atoms with van der Waals surface area (Å²) in [5.74, 6) is -1.33. The average molecular weight is 139 g/mol. The van der Waals surface area contributed by atoms with Gasteiger partial charge in [0.15, 0.2) is 5.83 Å². The van der Waals surface area contributed by atoms with E-state index in [-0.39, 0.29) is 13.0 Å². The molecule has 0 amide bonds. The van der Waals surface area contributed by atoms with Gasteiger partial charge in [-0.3, -0.25) is 0 Å². The van der Waals surface area contributed by atoms with Crippen molar-refractivity contribution in [3.63, 3.8) is 0 Å². The molecule has 0 saturated heterocycles. The first-order chi connectivity index (χ1) is 4.18. The summed E-state index contributed by atoms with van der Waals surface area (Å²) in [7, 11) is 1.57. The lowest BCUT2D eigenvalue weighted by atomic mass is 10.4. The van der Waals surface area contributed by atoms with Crippen molar-refractivity contribution in [1.82, 2.24) is 5.32 Å². The number of hydrogen-bond donors (Lipinski definition) is 1. The van der Waals surface area contributed by atoms with E-state index < -0.39 is 11.9 Å². The fraction of sp³-hybridized carbons (Fsp3) is 0.600. The zero-order chi connectivity index (χ0) is 7.28. The summed E-state index contributed by atoms with van der Waals surface area (Å²) in [4.78, 5) is 0. The van der Waals surface area contributed by atoms with Crippen molar-refractivity contribution >= 4 is 0 Å². The van der Waals surface area contributed by atoms with Crippen LogP contribution in [0.25, 0.3) is 0 Å². The molecule has 0 aromatic carbocycles. The Balaban J connectivity index is 3.50. The molecule has 0 atom stereocenters. The minimum absolute atomic E-state index is 0.237. The van der Waals surface area contributed by atoms with Crippen molar-refractivity contribution < 1.29 is 13.2 Å². The summed E-state index contributed by atoms with van der Waals surface area (Å²) in [5.41, 5.74) is 0. The first-order valence-electron chi connectivity index (χ1n) is 2.52. The van der Waals surface area contributed by atoms with Gasteiger partial charge in [0, 0.05) is 13.0 Å². The number of nitrogens with one attached hydrogen (secondary N) is 1. The van der Waals surface area contributed by atoms with E-state index in [0.29, 0.717) is 0 Å². The molecular formula is C5H8F3N. The van der Waals surface area contributed by atoms with E-state index in [1.165, 1.54) is 0 Å². The Bertz CT molecular complexity index is 107. The largest absolute Gasteiger partial charge is 0.319 e. The molecule has 54 valence electrons. The Kier molecular flexibility index (Phi) is 4.13. The third kappa shape index (κ3) is 4.02. The molecule has 1 N–H and O–H groups in total. The van der Waals surface area contributed by atoms with Gasteiger partial charge >= 0.3 is 6.08 Å². The molecule has 0 unspecified atom stereocenters. The van der Waals surface area contributed by atoms with Crippen LogP contribution in [-0.2, 0) is 0 Å². The van der Waals surface area contributed by atoms with Crippen LogP contribution in [0, 0.1) is 0 Å². The summed E-state index contributed by atoms with van der Waals surface area (Å²) in [6, 6.07) is 0. The van der Waals surface area contributed by atoms with E-state index in [0.717, 1.165) is 0 Å². The molecular weight excluding hydrogens is 131 g/mol. The van der Waals surface area contributed by atoms with Gasteiger partial charge in [0.05, 0.1) is 0 Å². The van der Waals surface area contributed by atoms with Crippen molar-refractivity contribution in [2.75, 3.05) is 13.6 Å². The van der Waals surface area contributed by atoms with Gasteiger partial charge in [-0.05, 0) is 7.05 Å². The molecule has 0 aliphatic carbocycles. The quantitative estimate of drug-likeness (QED) is 0.627. The molecule has 0 fully saturated rings. The molecule has 0 aromatic heterocycles. The second-order valence-corrected chi connectivity index (χ2v) is 1.52. The molecule has 4 heteroatoms. The summed E-state index contributed by atoms with van der Waals surface area (Å²) in [6.07, 6.45) is -2.45. The van der Waals surface area contributed by atoms with Crippen LogP contribution in [0.15, 0.2) is 11.9 Å². The lowest BCUT2D eigenvalue weighted by Crippen LogP contribution is -2.07. The molecule has 0 radical (unpaired) electrons. The van der Waals surface area contributed by atoms with Gasteiger partial charge in [-0.25, -0.2) is 4.39 Å². The Morgan fingerprint density at radius 2 is 1.89 bits per heavy atom. The van der Waals surface area contributed by atoms with Crippen LogP contribution in [0.3, 0.4) is 0 Å². The summed E-state index contributed by atoms with van der Waals surface area (Å²) in [6.45, 7) is 0.239. The molecule has 0 bridgehead atoms. The number of rotatable bonds is 3. The van der Waals surface area contributed by atoms with Crippen LogP contribution in [0.4, 0.5) is 13.2 Å². The molecule has 0 aliphatic heterocycles. The molecule has 0 aliphatic rings. The van der Waals surface area contributed by atoms with E-state index in [2.05, 4.69) is 5.32 Å². The fourth-order valence-corrected chi connectivity index (χ4v) is 0.329. The molecule has 0 saturated carbocycles. The predicted octanol–water partition coefficient (Wildman–Crippen LogP) is 1.67. The van der Waals surface area contributed by atoms with Crippen molar-refractivity contribution in [3.05, 3.63) is 11.9 Å². The van der Waals surface area contributed by atoms with Gasteiger partial charge in [0.2, 0.25) is 0 Å². The highest BCUT2D eigenvalue weighted by Crippen LogP contribution is 2.11.